The number of halogens is 1. The minimum atomic E-state index is -0.0601. The molecule has 0 spiro atoms. The molecule has 0 aliphatic carbocycles. The largest absolute Gasteiger partial charge is 0.383 e. The Kier molecular flexibility index (Phi) is 8.07. The molecule has 20 heavy (non-hydrogen) atoms. The lowest BCUT2D eigenvalue weighted by Crippen LogP contribution is -2.53. The van der Waals surface area contributed by atoms with Crippen LogP contribution in [0.25, 0.3) is 0 Å². The van der Waals surface area contributed by atoms with Gasteiger partial charge in [-0.3, -0.25) is 4.79 Å². The van der Waals surface area contributed by atoms with Gasteiger partial charge in [-0.1, -0.05) is 27.7 Å². The number of nitrogens with one attached hydrogen (secondary N) is 2. The van der Waals surface area contributed by atoms with E-state index in [2.05, 4.69) is 38.3 Å². The molecule has 1 aliphatic heterocycles. The molecule has 2 atom stereocenters. The molecule has 1 saturated heterocycles. The van der Waals surface area contributed by atoms with Gasteiger partial charge in [0, 0.05) is 20.1 Å². The van der Waals surface area contributed by atoms with Crippen molar-refractivity contribution in [3.05, 3.63) is 0 Å². The Labute approximate surface area is 129 Å². The highest BCUT2D eigenvalue weighted by atomic mass is 35.5. The van der Waals surface area contributed by atoms with Gasteiger partial charge in [-0.05, 0) is 30.7 Å². The quantitative estimate of drug-likeness (QED) is 0.792. The molecule has 120 valence electrons. The molecule has 1 fully saturated rings. The van der Waals surface area contributed by atoms with Gasteiger partial charge in [-0.2, -0.15) is 0 Å². The van der Waals surface area contributed by atoms with Gasteiger partial charge in [-0.25, -0.2) is 0 Å². The summed E-state index contributed by atoms with van der Waals surface area (Å²) in [6.07, 6.45) is 2.81. The van der Waals surface area contributed by atoms with Crippen LogP contribution < -0.4 is 10.6 Å². The van der Waals surface area contributed by atoms with Gasteiger partial charge in [-0.15, -0.1) is 12.4 Å². The van der Waals surface area contributed by atoms with Gasteiger partial charge in [0.25, 0.3) is 0 Å². The molecule has 1 rings (SSSR count). The Hall–Kier alpha value is -0.320. The smallest absolute Gasteiger partial charge is 0.220 e. The Morgan fingerprint density at radius 3 is 2.55 bits per heavy atom. The summed E-state index contributed by atoms with van der Waals surface area (Å²) in [4.78, 5) is 12.0. The predicted octanol–water partition coefficient (Wildman–Crippen LogP) is 2.37. The highest BCUT2D eigenvalue weighted by Gasteiger charge is 2.34. The lowest BCUT2D eigenvalue weighted by molar-refractivity contribution is -0.123. The molecule has 0 aromatic rings. The lowest BCUT2D eigenvalue weighted by atomic mass is 9.80. The van der Waals surface area contributed by atoms with Crippen molar-refractivity contribution < 1.29 is 9.53 Å². The van der Waals surface area contributed by atoms with Crippen LogP contribution in [0.2, 0.25) is 0 Å². The van der Waals surface area contributed by atoms with Gasteiger partial charge < -0.3 is 15.4 Å². The van der Waals surface area contributed by atoms with Crippen molar-refractivity contribution in [2.24, 2.45) is 11.3 Å². The zero-order valence-corrected chi connectivity index (χ0v) is 14.4. The fourth-order valence-electron chi connectivity index (χ4n) is 2.39. The van der Waals surface area contributed by atoms with Crippen molar-refractivity contribution >= 4 is 18.3 Å². The monoisotopic (exact) mass is 306 g/mol. The van der Waals surface area contributed by atoms with E-state index in [1.165, 1.54) is 0 Å². The molecular formula is C15H31ClN2O2. The highest BCUT2D eigenvalue weighted by molar-refractivity contribution is 5.85. The average Bonchev–Trinajstić information content (AvgIpc) is 2.75. The number of hydrogen-bond donors (Lipinski definition) is 2. The molecule has 4 nitrogen and oxygen atoms in total. The van der Waals surface area contributed by atoms with E-state index in [9.17, 15) is 4.79 Å². The number of carbonyl (C=O) groups excluding carboxylic acids is 1. The second-order valence-electron chi connectivity index (χ2n) is 6.99. The molecule has 0 aromatic heterocycles. The first-order valence-electron chi connectivity index (χ1n) is 7.30. The SMILES string of the molecule is COCC1(CNC(=O)CC(C)C(C)(C)C)CCCN1.Cl. The first-order chi connectivity index (χ1) is 8.79. The van der Waals surface area contributed by atoms with E-state index in [0.717, 1.165) is 19.4 Å². The molecule has 1 aliphatic rings. The molecule has 5 heteroatoms. The van der Waals surface area contributed by atoms with Crippen molar-refractivity contribution in [3.8, 4) is 0 Å². The maximum absolute atomic E-state index is 12.0. The second kappa shape index (κ2) is 8.20. The molecule has 1 heterocycles. The molecule has 2 N–H and O–H groups in total. The first kappa shape index (κ1) is 19.7. The van der Waals surface area contributed by atoms with Crippen LogP contribution in [-0.2, 0) is 9.53 Å². The van der Waals surface area contributed by atoms with Crippen LogP contribution >= 0.6 is 12.4 Å². The van der Waals surface area contributed by atoms with Gasteiger partial charge in [0.1, 0.15) is 0 Å². The third-order valence-electron chi connectivity index (χ3n) is 4.35. The van der Waals surface area contributed by atoms with E-state index in [0.29, 0.717) is 25.5 Å². The first-order valence-corrected chi connectivity index (χ1v) is 7.30. The summed E-state index contributed by atoms with van der Waals surface area (Å²) in [5, 5.41) is 6.54. The summed E-state index contributed by atoms with van der Waals surface area (Å²) >= 11 is 0. The van der Waals surface area contributed by atoms with E-state index in [1.54, 1.807) is 7.11 Å². The van der Waals surface area contributed by atoms with Crippen molar-refractivity contribution in [2.45, 2.75) is 52.5 Å². The number of amides is 1. The molecule has 0 aromatic carbocycles. The van der Waals surface area contributed by atoms with E-state index in [4.69, 9.17) is 4.74 Å². The number of hydrogen-bond acceptors (Lipinski definition) is 3. The highest BCUT2D eigenvalue weighted by Crippen LogP contribution is 2.28. The van der Waals surface area contributed by atoms with E-state index in [-0.39, 0.29) is 29.3 Å². The molecule has 1 amide bonds. The summed E-state index contributed by atoms with van der Waals surface area (Å²) < 4.78 is 5.28. The van der Waals surface area contributed by atoms with E-state index in [1.807, 2.05) is 0 Å². The molecule has 0 radical (unpaired) electrons. The summed E-state index contributed by atoms with van der Waals surface area (Å²) in [7, 11) is 1.71. The normalized spacial score (nSPS) is 24.1. The van der Waals surface area contributed by atoms with Crippen molar-refractivity contribution in [1.82, 2.24) is 10.6 Å². The van der Waals surface area contributed by atoms with Crippen LogP contribution in [0.4, 0.5) is 0 Å². The zero-order chi connectivity index (χ0) is 14.5. The van der Waals surface area contributed by atoms with Crippen LogP contribution in [-0.4, -0.2) is 38.3 Å². The maximum Gasteiger partial charge on any atom is 0.220 e. The van der Waals surface area contributed by atoms with Crippen molar-refractivity contribution in [1.29, 1.82) is 0 Å². The fourth-order valence-corrected chi connectivity index (χ4v) is 2.39. The minimum absolute atomic E-state index is 0. The summed E-state index contributed by atoms with van der Waals surface area (Å²) in [5.74, 6) is 0.522. The third kappa shape index (κ3) is 5.98. The summed E-state index contributed by atoms with van der Waals surface area (Å²) in [5.41, 5.74) is 0.114. The Balaban J connectivity index is 0.00000361. The third-order valence-corrected chi connectivity index (χ3v) is 4.35. The average molecular weight is 307 g/mol. The van der Waals surface area contributed by atoms with Crippen LogP contribution in [0.15, 0.2) is 0 Å². The van der Waals surface area contributed by atoms with Gasteiger partial charge in [0.15, 0.2) is 0 Å². The number of rotatable bonds is 6. The summed E-state index contributed by atoms with van der Waals surface area (Å²) in [6, 6.07) is 0. The Bertz CT molecular complexity index is 297. The molecule has 0 saturated carbocycles. The van der Waals surface area contributed by atoms with Crippen LogP contribution in [0.5, 0.6) is 0 Å². The standard InChI is InChI=1S/C15H30N2O2.ClH/c1-12(14(2,3)4)9-13(18)16-10-15(11-19-5)7-6-8-17-15;/h12,17H,6-11H2,1-5H3,(H,16,18);1H. The molecule has 0 bridgehead atoms. The van der Waals surface area contributed by atoms with Crippen LogP contribution in [0.3, 0.4) is 0 Å². The van der Waals surface area contributed by atoms with E-state index >= 15 is 0 Å². The fraction of sp³-hybridized carbons (Fsp3) is 0.933. The second-order valence-corrected chi connectivity index (χ2v) is 6.99. The minimum Gasteiger partial charge on any atom is -0.383 e. The van der Waals surface area contributed by atoms with Crippen molar-refractivity contribution in [2.75, 3.05) is 26.8 Å². The summed E-state index contributed by atoms with van der Waals surface area (Å²) in [6.45, 7) is 11.0. The van der Waals surface area contributed by atoms with Gasteiger partial charge in [0.05, 0.1) is 12.1 Å². The number of ether oxygens (including phenoxy) is 1. The van der Waals surface area contributed by atoms with E-state index < -0.39 is 0 Å². The Morgan fingerprint density at radius 2 is 2.10 bits per heavy atom. The Morgan fingerprint density at radius 1 is 1.45 bits per heavy atom. The predicted molar refractivity (Wildman–Crippen MR) is 85.3 cm³/mol. The van der Waals surface area contributed by atoms with Gasteiger partial charge in [0.2, 0.25) is 5.91 Å². The number of carbonyl (C=O) groups is 1. The topological polar surface area (TPSA) is 50.4 Å². The lowest BCUT2D eigenvalue weighted by Gasteiger charge is -2.30. The van der Waals surface area contributed by atoms with Gasteiger partial charge >= 0.3 is 0 Å². The van der Waals surface area contributed by atoms with Crippen molar-refractivity contribution in [3.63, 3.8) is 0 Å². The van der Waals surface area contributed by atoms with Crippen LogP contribution in [0, 0.1) is 11.3 Å². The van der Waals surface area contributed by atoms with Crippen LogP contribution in [0.1, 0.15) is 47.0 Å². The maximum atomic E-state index is 12.0. The molecule has 2 unspecified atom stereocenters. The number of methoxy groups -OCH3 is 1. The molecular weight excluding hydrogens is 276 g/mol. The zero-order valence-electron chi connectivity index (χ0n) is 13.5.